The number of hydrogen-bond acceptors (Lipinski definition) is 6. The lowest BCUT2D eigenvalue weighted by atomic mass is 9.88. The molecule has 1 fully saturated rings. The van der Waals surface area contributed by atoms with Crippen molar-refractivity contribution in [3.8, 4) is 11.5 Å². The maximum Gasteiger partial charge on any atom is 0.251 e. The molecule has 1 N–H and O–H groups in total. The van der Waals surface area contributed by atoms with E-state index in [4.69, 9.17) is 14.0 Å². The molecule has 7 heteroatoms. The summed E-state index contributed by atoms with van der Waals surface area (Å²) in [6.45, 7) is 15.8. The number of nitrogens with one attached hydrogen (secondary N) is 1. The zero-order chi connectivity index (χ0) is 23.5. The summed E-state index contributed by atoms with van der Waals surface area (Å²) in [5.41, 5.74) is 2.15. The zero-order valence-electron chi connectivity index (χ0n) is 20.4. The topological polar surface area (TPSA) is 76.8 Å². The smallest absolute Gasteiger partial charge is 0.251 e. The molecule has 0 aliphatic carbocycles. The van der Waals surface area contributed by atoms with Gasteiger partial charge in [0.05, 0.1) is 18.4 Å². The molecule has 1 saturated heterocycles. The van der Waals surface area contributed by atoms with Crippen molar-refractivity contribution in [3.05, 3.63) is 40.8 Å². The first-order valence-corrected chi connectivity index (χ1v) is 11.4. The van der Waals surface area contributed by atoms with Gasteiger partial charge in [-0.1, -0.05) is 19.0 Å². The molecule has 0 bridgehead atoms. The van der Waals surface area contributed by atoms with Crippen molar-refractivity contribution in [2.75, 3.05) is 26.7 Å². The molecule has 1 amide bonds. The lowest BCUT2D eigenvalue weighted by molar-refractivity contribution is 0.0445. The summed E-state index contributed by atoms with van der Waals surface area (Å²) in [6.07, 6.45) is 1.27. The van der Waals surface area contributed by atoms with Crippen LogP contribution in [0.3, 0.4) is 0 Å². The van der Waals surface area contributed by atoms with Crippen molar-refractivity contribution >= 4 is 5.91 Å². The van der Waals surface area contributed by atoms with Gasteiger partial charge < -0.3 is 19.3 Å². The summed E-state index contributed by atoms with van der Waals surface area (Å²) >= 11 is 0. The molecule has 0 radical (unpaired) electrons. The molecule has 7 nitrogen and oxygen atoms in total. The monoisotopic (exact) mass is 443 g/mol. The van der Waals surface area contributed by atoms with Crippen LogP contribution < -0.4 is 14.8 Å². The van der Waals surface area contributed by atoms with Gasteiger partial charge >= 0.3 is 0 Å². The van der Waals surface area contributed by atoms with E-state index in [0.29, 0.717) is 42.0 Å². The summed E-state index contributed by atoms with van der Waals surface area (Å²) in [4.78, 5) is 15.4. The highest BCUT2D eigenvalue weighted by Crippen LogP contribution is 2.30. The van der Waals surface area contributed by atoms with E-state index in [1.54, 1.807) is 25.3 Å². The Kier molecular flexibility index (Phi) is 7.49. The van der Waals surface area contributed by atoms with Gasteiger partial charge in [0.15, 0.2) is 11.5 Å². The van der Waals surface area contributed by atoms with Crippen molar-refractivity contribution in [2.45, 2.75) is 60.1 Å². The summed E-state index contributed by atoms with van der Waals surface area (Å²) in [5, 5.41) is 7.06. The second kappa shape index (κ2) is 9.94. The van der Waals surface area contributed by atoms with Crippen LogP contribution in [0.15, 0.2) is 22.7 Å². The van der Waals surface area contributed by atoms with Crippen LogP contribution in [0.5, 0.6) is 11.5 Å². The minimum Gasteiger partial charge on any atom is -0.493 e. The number of amides is 1. The Bertz CT molecular complexity index is 908. The van der Waals surface area contributed by atoms with E-state index < -0.39 is 0 Å². The minimum atomic E-state index is -0.119. The molecule has 2 atom stereocenters. The SMILES string of the molecule is COc1cc(C(=O)NCC(C)(C)N2CC(C)CC(C)C2)ccc1OCc1c(C)noc1C. The number of ether oxygens (including phenoxy) is 2. The molecule has 2 aromatic rings. The standard InChI is InChI=1S/C25H37N3O4/c1-16-10-17(2)13-28(12-16)25(5,6)15-26-24(29)20-8-9-22(23(11-20)30-7)31-14-21-18(3)27-32-19(21)4/h8-9,11,16-17H,10,12-15H2,1-7H3,(H,26,29). The summed E-state index contributed by atoms with van der Waals surface area (Å²) in [7, 11) is 1.57. The number of aryl methyl sites for hydroxylation is 2. The fourth-order valence-electron chi connectivity index (χ4n) is 4.45. The third-order valence-corrected chi connectivity index (χ3v) is 6.39. The minimum absolute atomic E-state index is 0.111. The van der Waals surface area contributed by atoms with Gasteiger partial charge in [-0.25, -0.2) is 0 Å². The molecule has 0 spiro atoms. The second-order valence-electron chi connectivity index (χ2n) is 9.80. The van der Waals surface area contributed by atoms with Crippen LogP contribution in [-0.2, 0) is 6.61 Å². The summed E-state index contributed by atoms with van der Waals surface area (Å²) in [6, 6.07) is 5.25. The molecule has 32 heavy (non-hydrogen) atoms. The number of likely N-dealkylation sites (tertiary alicyclic amines) is 1. The molecule has 3 rings (SSSR count). The fraction of sp³-hybridized carbons (Fsp3) is 0.600. The maximum absolute atomic E-state index is 12.9. The van der Waals surface area contributed by atoms with Gasteiger partial charge in [0.2, 0.25) is 0 Å². The number of methoxy groups -OCH3 is 1. The molecule has 176 valence electrons. The first-order valence-electron chi connectivity index (χ1n) is 11.4. The van der Waals surface area contributed by atoms with E-state index in [0.717, 1.165) is 30.1 Å². The van der Waals surface area contributed by atoms with Crippen molar-refractivity contribution < 1.29 is 18.8 Å². The van der Waals surface area contributed by atoms with Crippen LogP contribution in [0.4, 0.5) is 0 Å². The van der Waals surface area contributed by atoms with E-state index >= 15 is 0 Å². The van der Waals surface area contributed by atoms with E-state index in [2.05, 4.69) is 43.1 Å². The highest BCUT2D eigenvalue weighted by molar-refractivity contribution is 5.94. The Balaban J connectivity index is 1.63. The Morgan fingerprint density at radius 2 is 1.91 bits per heavy atom. The van der Waals surface area contributed by atoms with Gasteiger partial charge in [0, 0.05) is 30.7 Å². The Morgan fingerprint density at radius 1 is 1.22 bits per heavy atom. The quantitative estimate of drug-likeness (QED) is 0.653. The molecule has 1 aromatic heterocycles. The molecular formula is C25H37N3O4. The van der Waals surface area contributed by atoms with Crippen molar-refractivity contribution in [1.29, 1.82) is 0 Å². The summed E-state index contributed by atoms with van der Waals surface area (Å²) in [5.74, 6) is 3.05. The van der Waals surface area contributed by atoms with Gasteiger partial charge in [0.25, 0.3) is 5.91 Å². The van der Waals surface area contributed by atoms with Gasteiger partial charge in [-0.15, -0.1) is 0 Å². The largest absolute Gasteiger partial charge is 0.493 e. The molecule has 1 aliphatic heterocycles. The third kappa shape index (κ3) is 5.63. The Hall–Kier alpha value is -2.54. The Morgan fingerprint density at radius 3 is 2.50 bits per heavy atom. The number of hydrogen-bond donors (Lipinski definition) is 1. The molecule has 2 unspecified atom stereocenters. The van der Waals surface area contributed by atoms with Gasteiger partial charge in [-0.3, -0.25) is 9.69 Å². The number of carbonyl (C=O) groups is 1. The number of rotatable bonds is 8. The molecule has 1 aliphatic rings. The molecule has 1 aromatic carbocycles. The molecular weight excluding hydrogens is 406 g/mol. The van der Waals surface area contributed by atoms with Crippen LogP contribution in [-0.4, -0.2) is 48.2 Å². The number of nitrogens with zero attached hydrogens (tertiary/aromatic N) is 2. The second-order valence-corrected chi connectivity index (χ2v) is 9.80. The highest BCUT2D eigenvalue weighted by atomic mass is 16.5. The van der Waals surface area contributed by atoms with Gasteiger partial charge in [-0.05, 0) is 64.2 Å². The lowest BCUT2D eigenvalue weighted by Crippen LogP contribution is -2.56. The molecule has 2 heterocycles. The Labute approximate surface area is 191 Å². The number of aromatic nitrogens is 1. The van der Waals surface area contributed by atoms with E-state index in [1.165, 1.54) is 6.42 Å². The lowest BCUT2D eigenvalue weighted by Gasteiger charge is -2.45. The first kappa shape index (κ1) is 24.1. The van der Waals surface area contributed by atoms with Crippen LogP contribution in [0.1, 0.15) is 61.5 Å². The number of piperidine rings is 1. The fourth-order valence-corrected chi connectivity index (χ4v) is 4.45. The number of benzene rings is 1. The third-order valence-electron chi connectivity index (χ3n) is 6.39. The van der Waals surface area contributed by atoms with Crippen LogP contribution >= 0.6 is 0 Å². The van der Waals surface area contributed by atoms with E-state index in [1.807, 2.05) is 13.8 Å². The van der Waals surface area contributed by atoms with Gasteiger partial charge in [0.1, 0.15) is 12.4 Å². The van der Waals surface area contributed by atoms with Crippen LogP contribution in [0, 0.1) is 25.7 Å². The highest BCUT2D eigenvalue weighted by Gasteiger charge is 2.33. The normalized spacial score (nSPS) is 19.6. The predicted octanol–water partition coefficient (Wildman–Crippen LogP) is 4.37. The number of carbonyl (C=O) groups excluding carboxylic acids is 1. The van der Waals surface area contributed by atoms with E-state index in [-0.39, 0.29) is 11.4 Å². The molecule has 0 saturated carbocycles. The summed E-state index contributed by atoms with van der Waals surface area (Å²) < 4.78 is 16.6. The zero-order valence-corrected chi connectivity index (χ0v) is 20.4. The van der Waals surface area contributed by atoms with Crippen molar-refractivity contribution in [3.63, 3.8) is 0 Å². The van der Waals surface area contributed by atoms with Crippen molar-refractivity contribution in [2.24, 2.45) is 11.8 Å². The van der Waals surface area contributed by atoms with Gasteiger partial charge in [-0.2, -0.15) is 0 Å². The van der Waals surface area contributed by atoms with Crippen molar-refractivity contribution in [1.82, 2.24) is 15.4 Å². The average molecular weight is 444 g/mol. The van der Waals surface area contributed by atoms with Crippen LogP contribution in [0.2, 0.25) is 0 Å². The maximum atomic E-state index is 12.9. The first-order chi connectivity index (χ1) is 15.1. The van der Waals surface area contributed by atoms with E-state index in [9.17, 15) is 4.79 Å². The van der Waals surface area contributed by atoms with Crippen LogP contribution in [0.25, 0.3) is 0 Å². The average Bonchev–Trinajstić information content (AvgIpc) is 3.07. The predicted molar refractivity (Wildman–Crippen MR) is 124 cm³/mol.